The van der Waals surface area contributed by atoms with E-state index in [1.807, 2.05) is 0 Å². The SMILES string of the molecule is O=C(O)CC1S\C(=N/N=C\C=C\c2ccccc2[N+](=O)[O-])NC1=O. The van der Waals surface area contributed by atoms with Crippen LogP contribution in [0.15, 0.2) is 40.5 Å². The Bertz CT molecular complexity index is 759. The molecule has 1 aromatic rings. The monoisotopic (exact) mass is 348 g/mol. The number of hydrogen-bond donors (Lipinski definition) is 2. The minimum Gasteiger partial charge on any atom is -0.481 e. The summed E-state index contributed by atoms with van der Waals surface area (Å²) in [4.78, 5) is 32.5. The zero-order valence-electron chi connectivity index (χ0n) is 12.2. The van der Waals surface area contributed by atoms with Crippen LogP contribution in [-0.2, 0) is 9.59 Å². The summed E-state index contributed by atoms with van der Waals surface area (Å²) in [5.74, 6) is -1.49. The molecule has 0 spiro atoms. The molecular formula is C14H12N4O5S. The molecule has 124 valence electrons. The molecule has 0 bridgehead atoms. The van der Waals surface area contributed by atoms with Gasteiger partial charge in [0.25, 0.3) is 5.69 Å². The number of carbonyl (C=O) groups excluding carboxylic acids is 1. The van der Waals surface area contributed by atoms with Gasteiger partial charge in [-0.1, -0.05) is 23.9 Å². The molecule has 0 saturated carbocycles. The molecule has 0 aromatic heterocycles. The molecule has 0 radical (unpaired) electrons. The Morgan fingerprint density at radius 1 is 1.46 bits per heavy atom. The quantitative estimate of drug-likeness (QED) is 0.456. The molecule has 2 N–H and O–H groups in total. The number of nitro groups is 1. The fourth-order valence-electron chi connectivity index (χ4n) is 1.81. The second kappa shape index (κ2) is 8.02. The number of allylic oxidation sites excluding steroid dienone is 1. The zero-order valence-corrected chi connectivity index (χ0v) is 13.0. The van der Waals surface area contributed by atoms with E-state index < -0.39 is 22.0 Å². The Kier molecular flexibility index (Phi) is 5.79. The van der Waals surface area contributed by atoms with Gasteiger partial charge in [-0.15, -0.1) is 5.10 Å². The van der Waals surface area contributed by atoms with Crippen LogP contribution in [0.5, 0.6) is 0 Å². The summed E-state index contributed by atoms with van der Waals surface area (Å²) >= 11 is 0.989. The van der Waals surface area contributed by atoms with Crippen LogP contribution in [0.3, 0.4) is 0 Å². The largest absolute Gasteiger partial charge is 0.481 e. The number of amidine groups is 1. The van der Waals surface area contributed by atoms with E-state index in [1.165, 1.54) is 24.4 Å². The van der Waals surface area contributed by atoms with Crippen LogP contribution in [-0.4, -0.2) is 38.5 Å². The molecule has 1 saturated heterocycles. The van der Waals surface area contributed by atoms with Gasteiger partial charge >= 0.3 is 5.97 Å². The van der Waals surface area contributed by atoms with Gasteiger partial charge in [0.05, 0.1) is 16.9 Å². The first kappa shape index (κ1) is 17.3. The van der Waals surface area contributed by atoms with Gasteiger partial charge in [0, 0.05) is 12.3 Å². The lowest BCUT2D eigenvalue weighted by molar-refractivity contribution is -0.385. The number of thioether (sulfide) groups is 1. The van der Waals surface area contributed by atoms with Gasteiger partial charge in [-0.3, -0.25) is 19.7 Å². The van der Waals surface area contributed by atoms with Gasteiger partial charge in [0.15, 0.2) is 5.17 Å². The first-order valence-electron chi connectivity index (χ1n) is 6.68. The molecule has 1 fully saturated rings. The maximum atomic E-state index is 11.5. The highest BCUT2D eigenvalue weighted by Crippen LogP contribution is 2.22. The van der Waals surface area contributed by atoms with Crippen molar-refractivity contribution in [2.45, 2.75) is 11.7 Å². The average molecular weight is 348 g/mol. The second-order valence-corrected chi connectivity index (χ2v) is 5.73. The summed E-state index contributed by atoms with van der Waals surface area (Å²) in [5, 5.41) is 28.9. The number of hydrogen-bond acceptors (Lipinski definition) is 7. The summed E-state index contributed by atoms with van der Waals surface area (Å²) in [7, 11) is 0. The summed E-state index contributed by atoms with van der Waals surface area (Å²) in [6.45, 7) is 0. The van der Waals surface area contributed by atoms with Crippen molar-refractivity contribution < 1.29 is 19.6 Å². The van der Waals surface area contributed by atoms with Crippen molar-refractivity contribution in [3.8, 4) is 0 Å². The number of nitrogens with zero attached hydrogens (tertiary/aromatic N) is 3. The van der Waals surface area contributed by atoms with Crippen molar-refractivity contribution in [3.05, 3.63) is 46.0 Å². The first-order chi connectivity index (χ1) is 11.5. The van der Waals surface area contributed by atoms with Gasteiger partial charge in [0.1, 0.15) is 5.25 Å². The smallest absolute Gasteiger partial charge is 0.305 e. The predicted octanol–water partition coefficient (Wildman–Crippen LogP) is 1.66. The molecule has 1 aromatic carbocycles. The number of carbonyl (C=O) groups is 2. The van der Waals surface area contributed by atoms with E-state index in [2.05, 4.69) is 15.5 Å². The Balaban J connectivity index is 1.97. The minimum atomic E-state index is -1.07. The van der Waals surface area contributed by atoms with Crippen molar-refractivity contribution in [2.24, 2.45) is 10.2 Å². The third kappa shape index (κ3) is 4.74. The van der Waals surface area contributed by atoms with Crippen molar-refractivity contribution in [1.29, 1.82) is 0 Å². The Labute approximate surface area is 140 Å². The van der Waals surface area contributed by atoms with Crippen LogP contribution in [0, 0.1) is 10.1 Å². The lowest BCUT2D eigenvalue weighted by Gasteiger charge is -1.97. The van der Waals surface area contributed by atoms with Crippen LogP contribution in [0.2, 0.25) is 0 Å². The first-order valence-corrected chi connectivity index (χ1v) is 7.56. The zero-order chi connectivity index (χ0) is 17.5. The average Bonchev–Trinajstić information content (AvgIpc) is 2.86. The maximum Gasteiger partial charge on any atom is 0.305 e. The number of para-hydroxylation sites is 1. The molecule has 2 rings (SSSR count). The minimum absolute atomic E-state index is 0.0245. The Morgan fingerprint density at radius 3 is 2.92 bits per heavy atom. The summed E-state index contributed by atoms with van der Waals surface area (Å²) in [6.07, 6.45) is 4.00. The second-order valence-electron chi connectivity index (χ2n) is 4.54. The number of carboxylic acid groups (broad SMARTS) is 1. The molecule has 1 aliphatic heterocycles. The van der Waals surface area contributed by atoms with Crippen LogP contribution >= 0.6 is 11.8 Å². The number of benzene rings is 1. The van der Waals surface area contributed by atoms with Crippen LogP contribution in [0.25, 0.3) is 6.08 Å². The molecule has 0 aliphatic carbocycles. The standard InChI is InChI=1S/C14H12N4O5S/c19-12(20)8-11-13(21)16-14(24-11)17-15-7-3-5-9-4-1-2-6-10(9)18(22)23/h1-7,11H,8H2,(H,19,20)(H,16,17,21)/b5-3+,15-7-. The Hall–Kier alpha value is -3.01. The van der Waals surface area contributed by atoms with Gasteiger partial charge in [-0.2, -0.15) is 5.10 Å². The van der Waals surface area contributed by atoms with E-state index in [0.29, 0.717) is 5.56 Å². The van der Waals surface area contributed by atoms with Crippen LogP contribution in [0.1, 0.15) is 12.0 Å². The number of aliphatic carboxylic acids is 1. The third-order valence-electron chi connectivity index (χ3n) is 2.85. The third-order valence-corrected chi connectivity index (χ3v) is 3.92. The lowest BCUT2D eigenvalue weighted by Crippen LogP contribution is -2.26. The van der Waals surface area contributed by atoms with E-state index >= 15 is 0 Å². The molecule has 1 atom stereocenters. The highest BCUT2D eigenvalue weighted by atomic mass is 32.2. The summed E-state index contributed by atoms with van der Waals surface area (Å²) in [5.41, 5.74) is 0.398. The van der Waals surface area contributed by atoms with Gasteiger partial charge in [-0.25, -0.2) is 0 Å². The van der Waals surface area contributed by atoms with Crippen molar-refractivity contribution >= 4 is 46.8 Å². The Morgan fingerprint density at radius 2 is 2.21 bits per heavy atom. The molecule has 1 aliphatic rings. The number of nitro benzene ring substituents is 1. The van der Waals surface area contributed by atoms with Crippen molar-refractivity contribution in [1.82, 2.24) is 5.32 Å². The van der Waals surface area contributed by atoms with Crippen LogP contribution < -0.4 is 5.32 Å². The number of rotatable bonds is 6. The van der Waals surface area contributed by atoms with Gasteiger partial charge in [-0.05, 0) is 18.2 Å². The molecule has 1 unspecified atom stereocenters. The highest BCUT2D eigenvalue weighted by molar-refractivity contribution is 8.15. The van der Waals surface area contributed by atoms with Gasteiger partial charge in [0.2, 0.25) is 5.91 Å². The number of nitrogens with one attached hydrogen (secondary N) is 1. The van der Waals surface area contributed by atoms with E-state index in [0.717, 1.165) is 11.8 Å². The fraction of sp³-hybridized carbons (Fsp3) is 0.143. The normalized spacial score (nSPS) is 19.2. The molecule has 1 amide bonds. The molecule has 9 nitrogen and oxygen atoms in total. The van der Waals surface area contributed by atoms with Gasteiger partial charge < -0.3 is 10.4 Å². The van der Waals surface area contributed by atoms with Crippen molar-refractivity contribution in [2.75, 3.05) is 0 Å². The molecule has 10 heteroatoms. The van der Waals surface area contributed by atoms with E-state index in [9.17, 15) is 19.7 Å². The molecule has 24 heavy (non-hydrogen) atoms. The molecular weight excluding hydrogens is 336 g/mol. The lowest BCUT2D eigenvalue weighted by atomic mass is 10.2. The van der Waals surface area contributed by atoms with E-state index in [1.54, 1.807) is 18.2 Å². The topological polar surface area (TPSA) is 134 Å². The highest BCUT2D eigenvalue weighted by Gasteiger charge is 2.32. The maximum absolute atomic E-state index is 11.5. The number of carboxylic acids is 1. The van der Waals surface area contributed by atoms with E-state index in [4.69, 9.17) is 5.11 Å². The fourth-order valence-corrected chi connectivity index (χ4v) is 2.73. The predicted molar refractivity (Wildman–Crippen MR) is 89.8 cm³/mol. The summed E-state index contributed by atoms with van der Waals surface area (Å²) < 4.78 is 0. The van der Waals surface area contributed by atoms with E-state index in [-0.39, 0.29) is 17.3 Å². The number of amides is 1. The van der Waals surface area contributed by atoms with Crippen LogP contribution in [0.4, 0.5) is 5.69 Å². The van der Waals surface area contributed by atoms with Crippen molar-refractivity contribution in [3.63, 3.8) is 0 Å². The summed E-state index contributed by atoms with van der Waals surface area (Å²) in [6, 6.07) is 6.24. The molecule has 1 heterocycles.